The summed E-state index contributed by atoms with van der Waals surface area (Å²) >= 11 is 6.17. The van der Waals surface area contributed by atoms with Crippen LogP contribution >= 0.6 is 11.6 Å². The first-order valence-corrected chi connectivity index (χ1v) is 6.92. The van der Waals surface area contributed by atoms with Crippen LogP contribution in [0.1, 0.15) is 44.1 Å². The van der Waals surface area contributed by atoms with Gasteiger partial charge in [-0.1, -0.05) is 12.1 Å². The van der Waals surface area contributed by atoms with Crippen molar-refractivity contribution in [1.29, 1.82) is 0 Å². The van der Waals surface area contributed by atoms with Crippen LogP contribution in [0.4, 0.5) is 0 Å². The highest BCUT2D eigenvalue weighted by molar-refractivity contribution is 6.20. The van der Waals surface area contributed by atoms with Crippen molar-refractivity contribution >= 4 is 11.6 Å². The fourth-order valence-corrected chi connectivity index (χ4v) is 3.04. The Morgan fingerprint density at radius 2 is 1.71 bits per heavy atom. The van der Waals surface area contributed by atoms with Crippen LogP contribution in [0.15, 0.2) is 24.3 Å². The lowest BCUT2D eigenvalue weighted by atomic mass is 9.78. The maximum atomic E-state index is 6.17. The Bertz CT molecular complexity index is 336. The molecule has 1 aliphatic rings. The number of halogens is 1. The molecule has 0 heterocycles. The number of hydrogen-bond donors (Lipinski definition) is 0. The van der Waals surface area contributed by atoms with E-state index in [1.54, 1.807) is 7.11 Å². The number of ether oxygens (including phenoxy) is 1. The van der Waals surface area contributed by atoms with Gasteiger partial charge in [0, 0.05) is 5.38 Å². The molecule has 0 radical (unpaired) electrons. The average Bonchev–Trinajstić information content (AvgIpc) is 2.39. The predicted molar refractivity (Wildman–Crippen MR) is 73.0 cm³/mol. The van der Waals surface area contributed by atoms with Crippen LogP contribution in [0.25, 0.3) is 0 Å². The van der Waals surface area contributed by atoms with Crippen LogP contribution in [0.2, 0.25) is 0 Å². The van der Waals surface area contributed by atoms with E-state index >= 15 is 0 Å². The molecule has 0 aromatic heterocycles. The molecule has 17 heavy (non-hydrogen) atoms. The molecule has 2 heteroatoms. The summed E-state index contributed by atoms with van der Waals surface area (Å²) in [7, 11) is 1.71. The summed E-state index contributed by atoms with van der Waals surface area (Å²) < 4.78 is 5.19. The lowest BCUT2D eigenvalue weighted by molar-refractivity contribution is 0.322. The summed E-state index contributed by atoms with van der Waals surface area (Å²) in [5, 5.41) is 0.326. The van der Waals surface area contributed by atoms with Gasteiger partial charge >= 0.3 is 0 Å². The van der Waals surface area contributed by atoms with E-state index in [0.717, 1.165) is 5.75 Å². The minimum Gasteiger partial charge on any atom is -0.497 e. The van der Waals surface area contributed by atoms with Gasteiger partial charge in [-0.3, -0.25) is 0 Å². The summed E-state index contributed by atoms with van der Waals surface area (Å²) in [5.41, 5.74) is 1.45. The van der Waals surface area contributed by atoms with E-state index in [2.05, 4.69) is 31.2 Å². The second-order valence-electron chi connectivity index (χ2n) is 5.06. The predicted octanol–water partition coefficient (Wildman–Crippen LogP) is 4.60. The molecule has 1 unspecified atom stereocenters. The van der Waals surface area contributed by atoms with Gasteiger partial charge in [0.1, 0.15) is 5.75 Å². The monoisotopic (exact) mass is 252 g/mol. The van der Waals surface area contributed by atoms with Crippen molar-refractivity contribution in [2.45, 2.75) is 43.9 Å². The molecule has 1 nitrogen and oxygen atoms in total. The molecule has 1 fully saturated rings. The van der Waals surface area contributed by atoms with Crippen molar-refractivity contribution in [3.63, 3.8) is 0 Å². The Kier molecular flexibility index (Phi) is 4.33. The van der Waals surface area contributed by atoms with Gasteiger partial charge in [0.25, 0.3) is 0 Å². The van der Waals surface area contributed by atoms with Crippen LogP contribution in [0.3, 0.4) is 0 Å². The van der Waals surface area contributed by atoms with E-state index in [-0.39, 0.29) is 0 Å². The van der Waals surface area contributed by atoms with Crippen LogP contribution < -0.4 is 4.74 Å². The van der Waals surface area contributed by atoms with Crippen molar-refractivity contribution in [1.82, 2.24) is 0 Å². The molecule has 2 rings (SSSR count). The van der Waals surface area contributed by atoms with Crippen LogP contribution in [-0.2, 0) is 0 Å². The fourth-order valence-electron chi connectivity index (χ4n) is 2.79. The number of benzene rings is 1. The summed E-state index contributed by atoms with van der Waals surface area (Å²) in [5.74, 6) is 2.37. The van der Waals surface area contributed by atoms with E-state index in [9.17, 15) is 0 Å². The molecule has 0 bridgehead atoms. The summed E-state index contributed by atoms with van der Waals surface area (Å²) in [6.45, 7) is 2.12. The van der Waals surface area contributed by atoms with E-state index in [1.165, 1.54) is 31.2 Å². The van der Waals surface area contributed by atoms with E-state index in [4.69, 9.17) is 16.3 Å². The smallest absolute Gasteiger partial charge is 0.118 e. The molecule has 0 aliphatic heterocycles. The molecular formula is C15H21ClO. The second kappa shape index (κ2) is 5.77. The third kappa shape index (κ3) is 3.16. The molecule has 0 N–H and O–H groups in total. The second-order valence-corrected chi connectivity index (χ2v) is 5.75. The Hall–Kier alpha value is -0.690. The third-order valence-electron chi connectivity index (χ3n) is 4.01. The number of methoxy groups -OCH3 is 1. The SMILES string of the molecule is COc1ccc(C2CCC(C(C)Cl)CC2)cc1. The third-order valence-corrected chi connectivity index (χ3v) is 4.36. The quantitative estimate of drug-likeness (QED) is 0.715. The van der Waals surface area contributed by atoms with Gasteiger partial charge < -0.3 is 4.74 Å². The van der Waals surface area contributed by atoms with E-state index < -0.39 is 0 Å². The van der Waals surface area contributed by atoms with Gasteiger partial charge in [0.05, 0.1) is 7.11 Å². The molecule has 1 aromatic carbocycles. The Labute approximate surface area is 109 Å². The molecule has 0 amide bonds. The fraction of sp³-hybridized carbons (Fsp3) is 0.600. The van der Waals surface area contributed by atoms with Crippen molar-refractivity contribution in [2.24, 2.45) is 5.92 Å². The molecule has 94 valence electrons. The van der Waals surface area contributed by atoms with Crippen molar-refractivity contribution in [3.05, 3.63) is 29.8 Å². The largest absolute Gasteiger partial charge is 0.497 e. The zero-order valence-electron chi connectivity index (χ0n) is 10.7. The highest BCUT2D eigenvalue weighted by Crippen LogP contribution is 2.38. The molecule has 0 saturated heterocycles. The Morgan fingerprint density at radius 3 is 2.18 bits per heavy atom. The van der Waals surface area contributed by atoms with Gasteiger partial charge in [-0.2, -0.15) is 0 Å². The molecule has 1 atom stereocenters. The topological polar surface area (TPSA) is 9.23 Å². The number of alkyl halides is 1. The molecule has 1 aromatic rings. The van der Waals surface area contributed by atoms with Crippen LogP contribution in [0.5, 0.6) is 5.75 Å². The van der Waals surface area contributed by atoms with Gasteiger partial charge in [-0.25, -0.2) is 0 Å². The Balaban J connectivity index is 1.95. The number of rotatable bonds is 3. The molecule has 1 saturated carbocycles. The molecule has 0 spiro atoms. The minimum absolute atomic E-state index is 0.326. The maximum absolute atomic E-state index is 6.17. The summed E-state index contributed by atoms with van der Waals surface area (Å²) in [4.78, 5) is 0. The Morgan fingerprint density at radius 1 is 1.12 bits per heavy atom. The number of hydrogen-bond acceptors (Lipinski definition) is 1. The van der Waals surface area contributed by atoms with Gasteiger partial charge in [0.2, 0.25) is 0 Å². The van der Waals surface area contributed by atoms with Gasteiger partial charge in [0.15, 0.2) is 0 Å². The lowest BCUT2D eigenvalue weighted by Crippen LogP contribution is -2.19. The first kappa shape index (κ1) is 12.8. The molecule has 1 aliphatic carbocycles. The first-order valence-electron chi connectivity index (χ1n) is 6.48. The molecular weight excluding hydrogens is 232 g/mol. The first-order chi connectivity index (χ1) is 8.20. The van der Waals surface area contributed by atoms with Gasteiger partial charge in [-0.15, -0.1) is 11.6 Å². The summed E-state index contributed by atoms with van der Waals surface area (Å²) in [6.07, 6.45) is 5.07. The van der Waals surface area contributed by atoms with Crippen LogP contribution in [0, 0.1) is 5.92 Å². The van der Waals surface area contributed by atoms with Gasteiger partial charge in [-0.05, 0) is 62.1 Å². The van der Waals surface area contributed by atoms with E-state index in [1.807, 2.05) is 0 Å². The lowest BCUT2D eigenvalue weighted by Gasteiger charge is -2.30. The minimum atomic E-state index is 0.326. The highest BCUT2D eigenvalue weighted by atomic mass is 35.5. The van der Waals surface area contributed by atoms with Crippen molar-refractivity contribution in [2.75, 3.05) is 7.11 Å². The highest BCUT2D eigenvalue weighted by Gasteiger charge is 2.24. The maximum Gasteiger partial charge on any atom is 0.118 e. The zero-order chi connectivity index (χ0) is 12.3. The van der Waals surface area contributed by atoms with Crippen molar-refractivity contribution < 1.29 is 4.74 Å². The van der Waals surface area contributed by atoms with Crippen LogP contribution in [-0.4, -0.2) is 12.5 Å². The van der Waals surface area contributed by atoms with E-state index in [0.29, 0.717) is 17.2 Å². The average molecular weight is 253 g/mol. The normalized spacial score (nSPS) is 26.5. The zero-order valence-corrected chi connectivity index (χ0v) is 11.4. The van der Waals surface area contributed by atoms with Crippen molar-refractivity contribution in [3.8, 4) is 5.75 Å². The standard InChI is InChI=1S/C15H21ClO/c1-11(16)12-3-5-13(6-4-12)14-7-9-15(17-2)10-8-14/h7-13H,3-6H2,1-2H3. The summed E-state index contributed by atoms with van der Waals surface area (Å²) in [6, 6.07) is 8.53.